The first-order valence-electron chi connectivity index (χ1n) is 8.21. The smallest absolute Gasteiger partial charge is 0.409 e. The number of nitrogens with zero attached hydrogens (tertiary/aromatic N) is 4. The fourth-order valence-electron chi connectivity index (χ4n) is 2.91. The van der Waals surface area contributed by atoms with Crippen molar-refractivity contribution in [2.45, 2.75) is 29.7 Å². The van der Waals surface area contributed by atoms with Crippen LogP contribution in [-0.2, 0) is 15.6 Å². The van der Waals surface area contributed by atoms with Gasteiger partial charge in [-0.25, -0.2) is 8.89 Å². The van der Waals surface area contributed by atoms with Crippen molar-refractivity contribution in [2.75, 3.05) is 11.4 Å². The average Bonchev–Trinajstić information content (AvgIpc) is 3.07. The molecular weight excluding hydrogens is 399 g/mol. The van der Waals surface area contributed by atoms with Crippen LogP contribution in [0.4, 0.5) is 19.0 Å². The van der Waals surface area contributed by atoms with Crippen molar-refractivity contribution in [1.82, 2.24) is 9.78 Å². The second-order valence-electron chi connectivity index (χ2n) is 5.95. The molecule has 1 aliphatic heterocycles. The molecule has 8 nitrogen and oxygen atoms in total. The van der Waals surface area contributed by atoms with Gasteiger partial charge in [-0.1, -0.05) is 23.4 Å². The molecule has 1 unspecified atom stereocenters. The molecule has 0 radical (unpaired) electrons. The number of para-hydroxylation sites is 1. The minimum absolute atomic E-state index is 0.134. The van der Waals surface area contributed by atoms with Crippen molar-refractivity contribution in [3.05, 3.63) is 36.0 Å². The molecule has 0 saturated carbocycles. The van der Waals surface area contributed by atoms with E-state index in [9.17, 15) is 22.2 Å². The average molecular weight is 415 g/mol. The Morgan fingerprint density at radius 2 is 1.93 bits per heavy atom. The maximum Gasteiger partial charge on any atom is 0.476 e. The molecule has 2 heterocycles. The number of aromatic nitrogens is 2. The summed E-state index contributed by atoms with van der Waals surface area (Å²) in [4.78, 5) is 12.7. The summed E-state index contributed by atoms with van der Waals surface area (Å²) in [6.45, 7) is 0.134. The van der Waals surface area contributed by atoms with Crippen molar-refractivity contribution < 1.29 is 27.4 Å². The zero-order valence-electron chi connectivity index (χ0n) is 14.4. The van der Waals surface area contributed by atoms with E-state index in [0.29, 0.717) is 18.5 Å². The first kappa shape index (κ1) is 19.9. The first-order valence-corrected chi connectivity index (χ1v) is 9.36. The van der Waals surface area contributed by atoms with Gasteiger partial charge in [-0.15, -0.1) is 0 Å². The molecule has 1 amide bonds. The number of rotatable bonds is 4. The summed E-state index contributed by atoms with van der Waals surface area (Å²) < 4.78 is 53.5. The monoisotopic (exact) mass is 415 g/mol. The third-order valence-electron chi connectivity index (χ3n) is 4.14. The number of amidine groups is 1. The van der Waals surface area contributed by atoms with Crippen LogP contribution in [0.5, 0.6) is 0 Å². The Morgan fingerprint density at radius 1 is 1.25 bits per heavy atom. The van der Waals surface area contributed by atoms with Gasteiger partial charge in [-0.2, -0.15) is 18.3 Å². The molecule has 1 atom stereocenters. The number of nitrogens with two attached hydrogens (primary N) is 1. The summed E-state index contributed by atoms with van der Waals surface area (Å²) in [5.74, 6) is -1.46. The summed E-state index contributed by atoms with van der Waals surface area (Å²) >= 11 is 0. The molecule has 1 saturated heterocycles. The molecule has 12 heteroatoms. The number of anilines is 1. The Labute approximate surface area is 159 Å². The number of halogens is 3. The number of hydrogen-bond donors (Lipinski definition) is 2. The van der Waals surface area contributed by atoms with Crippen LogP contribution in [0.25, 0.3) is 5.69 Å². The summed E-state index contributed by atoms with van der Waals surface area (Å²) in [6.07, 6.45) is 1.29. The van der Waals surface area contributed by atoms with Gasteiger partial charge in [0.2, 0.25) is 5.91 Å². The fraction of sp³-hybridized carbons (Fsp3) is 0.312. The summed E-state index contributed by atoms with van der Waals surface area (Å²) in [7, 11) is -3.56. The number of amides is 1. The number of carbonyl (C=O) groups is 1. The highest BCUT2D eigenvalue weighted by Crippen LogP contribution is 2.38. The van der Waals surface area contributed by atoms with Crippen molar-refractivity contribution in [3.8, 4) is 5.69 Å². The van der Waals surface area contributed by atoms with Crippen LogP contribution in [0.2, 0.25) is 0 Å². The number of carbonyl (C=O) groups excluding carboxylic acids is 1. The lowest BCUT2D eigenvalue weighted by Crippen LogP contribution is -2.37. The molecule has 1 aromatic carbocycles. The van der Waals surface area contributed by atoms with Gasteiger partial charge in [0.05, 0.1) is 5.69 Å². The van der Waals surface area contributed by atoms with Crippen LogP contribution < -0.4 is 10.6 Å². The highest BCUT2D eigenvalue weighted by atomic mass is 32.2. The maximum atomic E-state index is 13.4. The van der Waals surface area contributed by atoms with Crippen molar-refractivity contribution in [3.63, 3.8) is 0 Å². The van der Waals surface area contributed by atoms with Crippen molar-refractivity contribution in [2.24, 2.45) is 10.9 Å². The highest BCUT2D eigenvalue weighted by Gasteiger charge is 2.45. The first-order chi connectivity index (χ1) is 13.3. The van der Waals surface area contributed by atoms with E-state index in [4.69, 9.17) is 10.9 Å². The predicted molar refractivity (Wildman–Crippen MR) is 94.7 cm³/mol. The van der Waals surface area contributed by atoms with Crippen LogP contribution in [0.3, 0.4) is 0 Å². The fourth-order valence-corrected chi connectivity index (χ4v) is 3.83. The minimum Gasteiger partial charge on any atom is -0.409 e. The third kappa shape index (κ3) is 3.59. The van der Waals surface area contributed by atoms with Crippen molar-refractivity contribution in [1.29, 1.82) is 0 Å². The van der Waals surface area contributed by atoms with Gasteiger partial charge in [0, 0.05) is 13.0 Å². The molecule has 150 valence electrons. The molecule has 28 heavy (non-hydrogen) atoms. The quantitative estimate of drug-likeness (QED) is 0.344. The molecule has 1 aromatic heterocycles. The second-order valence-corrected chi connectivity index (χ2v) is 7.36. The van der Waals surface area contributed by atoms with Crippen LogP contribution in [-0.4, -0.2) is 43.0 Å². The number of hydrogen-bond acceptors (Lipinski definition) is 5. The normalized spacial score (nSPS) is 17.0. The zero-order valence-corrected chi connectivity index (χ0v) is 15.2. The number of piperidine rings is 1. The molecule has 3 rings (SSSR count). The topological polar surface area (TPSA) is 114 Å². The van der Waals surface area contributed by atoms with E-state index in [1.807, 2.05) is 0 Å². The lowest BCUT2D eigenvalue weighted by Gasteiger charge is -2.28. The van der Waals surface area contributed by atoms with E-state index in [1.54, 1.807) is 30.3 Å². The molecule has 0 aliphatic carbocycles. The Bertz CT molecular complexity index is 943. The van der Waals surface area contributed by atoms with Gasteiger partial charge in [0.15, 0.2) is 22.5 Å². The molecule has 1 fully saturated rings. The van der Waals surface area contributed by atoms with E-state index < -0.39 is 38.6 Å². The van der Waals surface area contributed by atoms with E-state index in [0.717, 1.165) is 9.58 Å². The molecule has 3 N–H and O–H groups in total. The standard InChI is InChI=1S/C16H16F3N5O3S/c17-16(18,19)28(27)13-12(14(20)22-26)21-24(10-6-2-1-3-7-10)15(13)23-9-5-4-8-11(23)25/h1-3,6-7,26H,4-5,8-9H2,(H2,20,22). The Morgan fingerprint density at radius 3 is 2.50 bits per heavy atom. The SMILES string of the molecule is NC(=NO)c1nn(-c2ccccc2)c(N2CCCCC2=O)c1S(=O)C(F)(F)F. The maximum absolute atomic E-state index is 13.4. The minimum atomic E-state index is -5.14. The lowest BCUT2D eigenvalue weighted by molar-refractivity contribution is -0.119. The van der Waals surface area contributed by atoms with Crippen LogP contribution in [0, 0.1) is 0 Å². The van der Waals surface area contributed by atoms with Gasteiger partial charge < -0.3 is 10.9 Å². The van der Waals surface area contributed by atoms with Gasteiger partial charge in [0.25, 0.3) is 0 Å². The summed E-state index contributed by atoms with van der Waals surface area (Å²) in [5, 5.41) is 15.7. The van der Waals surface area contributed by atoms with Gasteiger partial charge in [-0.05, 0) is 25.0 Å². The predicted octanol–water partition coefficient (Wildman–Crippen LogP) is 2.11. The summed E-state index contributed by atoms with van der Waals surface area (Å²) in [6, 6.07) is 8.06. The molecule has 0 spiro atoms. The van der Waals surface area contributed by atoms with E-state index in [-0.39, 0.29) is 18.8 Å². The Balaban J connectivity index is 2.35. The van der Waals surface area contributed by atoms with E-state index in [2.05, 4.69) is 10.3 Å². The summed E-state index contributed by atoms with van der Waals surface area (Å²) in [5.41, 5.74) is 0.109. The van der Waals surface area contributed by atoms with Gasteiger partial charge >= 0.3 is 5.51 Å². The van der Waals surface area contributed by atoms with Crippen LogP contribution in [0.1, 0.15) is 25.0 Å². The highest BCUT2D eigenvalue weighted by molar-refractivity contribution is 7.86. The Kier molecular flexibility index (Phi) is 5.40. The molecular formula is C16H16F3N5O3S. The molecule has 0 bridgehead atoms. The van der Waals surface area contributed by atoms with E-state index >= 15 is 0 Å². The van der Waals surface area contributed by atoms with Crippen molar-refractivity contribution >= 4 is 28.4 Å². The molecule has 2 aromatic rings. The number of alkyl halides is 3. The van der Waals surface area contributed by atoms with Crippen LogP contribution >= 0.6 is 0 Å². The Hall–Kier alpha value is -2.89. The van der Waals surface area contributed by atoms with Gasteiger partial charge in [-0.3, -0.25) is 9.69 Å². The van der Waals surface area contributed by atoms with Crippen LogP contribution in [0.15, 0.2) is 40.4 Å². The van der Waals surface area contributed by atoms with Gasteiger partial charge in [0.1, 0.15) is 10.6 Å². The van der Waals surface area contributed by atoms with E-state index in [1.165, 1.54) is 0 Å². The zero-order chi connectivity index (χ0) is 20.5. The number of oxime groups is 1. The second kappa shape index (κ2) is 7.62. The molecule has 1 aliphatic rings. The lowest BCUT2D eigenvalue weighted by atomic mass is 10.1. The largest absolute Gasteiger partial charge is 0.476 e. The number of benzene rings is 1. The third-order valence-corrected chi connectivity index (χ3v) is 5.31.